The molecule has 10 heteroatoms. The van der Waals surface area contributed by atoms with Crippen molar-refractivity contribution in [1.82, 2.24) is 19.9 Å². The van der Waals surface area contributed by atoms with Crippen LogP contribution in [-0.4, -0.2) is 55.8 Å². The van der Waals surface area contributed by atoms with Crippen LogP contribution >= 0.6 is 11.3 Å². The van der Waals surface area contributed by atoms with Crippen molar-refractivity contribution in [3.63, 3.8) is 0 Å². The predicted molar refractivity (Wildman–Crippen MR) is 113 cm³/mol. The molecule has 29 heavy (non-hydrogen) atoms. The summed E-state index contributed by atoms with van der Waals surface area (Å²) in [6.07, 6.45) is 3.52. The van der Waals surface area contributed by atoms with Crippen LogP contribution < -0.4 is 11.1 Å². The van der Waals surface area contributed by atoms with Crippen molar-refractivity contribution in [3.8, 4) is 0 Å². The highest BCUT2D eigenvalue weighted by atomic mass is 32.1. The molecule has 1 fully saturated rings. The Morgan fingerprint density at radius 1 is 1.45 bits per heavy atom. The van der Waals surface area contributed by atoms with Crippen molar-refractivity contribution >= 4 is 51.0 Å². The molecule has 0 unspecified atom stereocenters. The number of carbonyl (C=O) groups excluding carboxylic acids is 1. The molecule has 5 N–H and O–H groups in total. The summed E-state index contributed by atoms with van der Waals surface area (Å²) >= 11 is 1.43. The molecular weight excluding hydrogens is 390 g/mol. The number of hydrogen-bond donors (Lipinski definition) is 4. The maximum atomic E-state index is 12.2. The van der Waals surface area contributed by atoms with E-state index in [9.17, 15) is 9.90 Å². The number of benzene rings is 1. The Bertz CT molecular complexity index is 1090. The zero-order valence-corrected chi connectivity index (χ0v) is 16.7. The van der Waals surface area contributed by atoms with Crippen molar-refractivity contribution in [2.24, 2.45) is 0 Å². The third kappa shape index (κ3) is 4.03. The number of fused-ring (bicyclic) bond motifs is 1. The molecule has 1 saturated heterocycles. The highest BCUT2D eigenvalue weighted by molar-refractivity contribution is 7.18. The van der Waals surface area contributed by atoms with Crippen LogP contribution in [0.4, 0.5) is 17.2 Å². The first kappa shape index (κ1) is 19.2. The van der Waals surface area contributed by atoms with Gasteiger partial charge in [-0.2, -0.15) is 0 Å². The second-order valence-electron chi connectivity index (χ2n) is 7.34. The lowest BCUT2D eigenvalue weighted by atomic mass is 9.96. The summed E-state index contributed by atoms with van der Waals surface area (Å²) in [5.74, 6) is 0.574. The number of anilines is 3. The smallest absolute Gasteiger partial charge is 0.223 e. The molecule has 0 atom stereocenters. The van der Waals surface area contributed by atoms with Crippen molar-refractivity contribution in [3.05, 3.63) is 35.1 Å². The van der Waals surface area contributed by atoms with Crippen LogP contribution in [0.2, 0.25) is 0 Å². The van der Waals surface area contributed by atoms with Gasteiger partial charge in [0.1, 0.15) is 16.7 Å². The molecule has 3 aromatic rings. The largest absolute Gasteiger partial charge is 0.398 e. The highest BCUT2D eigenvalue weighted by Crippen LogP contribution is 2.29. The number of β-amino-alcohol motifs (C(OH)–C–C–N with tert-alkyl or cyclic N) is 1. The molecule has 0 spiro atoms. The average Bonchev–Trinajstić information content (AvgIpc) is 3.09. The first-order valence-corrected chi connectivity index (χ1v) is 9.94. The number of nitrogen functional groups attached to an aromatic ring is 1. The maximum Gasteiger partial charge on any atom is 0.223 e. The Morgan fingerprint density at radius 3 is 2.97 bits per heavy atom. The topological polar surface area (TPSA) is 141 Å². The quantitative estimate of drug-likeness (QED) is 0.359. The van der Waals surface area contributed by atoms with E-state index in [1.807, 2.05) is 6.07 Å². The zero-order valence-electron chi connectivity index (χ0n) is 15.8. The summed E-state index contributed by atoms with van der Waals surface area (Å²) in [5, 5.41) is 21.2. The van der Waals surface area contributed by atoms with Gasteiger partial charge >= 0.3 is 0 Å². The van der Waals surface area contributed by atoms with Gasteiger partial charge in [0.25, 0.3) is 0 Å². The van der Waals surface area contributed by atoms with E-state index in [1.165, 1.54) is 23.9 Å². The molecule has 1 aliphatic heterocycles. The van der Waals surface area contributed by atoms with Crippen LogP contribution in [0.1, 0.15) is 23.9 Å². The summed E-state index contributed by atoms with van der Waals surface area (Å²) in [6, 6.07) is 5.31. The van der Waals surface area contributed by atoms with Crippen LogP contribution in [0.25, 0.3) is 10.3 Å². The molecule has 4 rings (SSSR count). The minimum absolute atomic E-state index is 0.0151. The van der Waals surface area contributed by atoms with Gasteiger partial charge in [-0.15, -0.1) is 0 Å². The normalized spacial score (nSPS) is 15.2. The summed E-state index contributed by atoms with van der Waals surface area (Å²) in [5.41, 5.74) is 7.60. The Hall–Kier alpha value is -3.11. The summed E-state index contributed by atoms with van der Waals surface area (Å²) in [4.78, 5) is 27.8. The summed E-state index contributed by atoms with van der Waals surface area (Å²) in [6.45, 7) is 2.48. The molecule has 0 bridgehead atoms. The first-order chi connectivity index (χ1) is 13.8. The van der Waals surface area contributed by atoms with Gasteiger partial charge in [-0.1, -0.05) is 11.3 Å². The van der Waals surface area contributed by atoms with Gasteiger partial charge in [0, 0.05) is 36.0 Å². The Labute approximate surface area is 171 Å². The molecule has 0 radical (unpaired) electrons. The fraction of sp³-hybridized carbons (Fsp3) is 0.316. The lowest BCUT2D eigenvalue weighted by Crippen LogP contribution is -2.61. The summed E-state index contributed by atoms with van der Waals surface area (Å²) in [7, 11) is 0. The monoisotopic (exact) mass is 411 g/mol. The first-order valence-electron chi connectivity index (χ1n) is 9.12. The summed E-state index contributed by atoms with van der Waals surface area (Å²) < 4.78 is 0. The number of likely N-dealkylation sites (tertiary alicyclic amines) is 1. The number of aryl methyl sites for hydroxylation is 1. The average molecular weight is 411 g/mol. The van der Waals surface area contributed by atoms with E-state index >= 15 is 0 Å². The number of amides is 1. The van der Waals surface area contributed by atoms with E-state index in [4.69, 9.17) is 11.1 Å². The fourth-order valence-corrected chi connectivity index (χ4v) is 4.14. The molecule has 1 amide bonds. The zero-order chi connectivity index (χ0) is 20.6. The molecule has 9 nitrogen and oxygen atoms in total. The number of nitrogens with one attached hydrogen (secondary N) is 2. The lowest BCUT2D eigenvalue weighted by Gasteiger charge is -2.44. The SMILES string of the molecule is CC1(O)CN(C(=O)CCc2nc3c(Nc4ccc(N)c(C=N)c4)ncnc3s2)C1. The van der Waals surface area contributed by atoms with Crippen molar-refractivity contribution in [2.75, 3.05) is 24.1 Å². The number of nitrogens with two attached hydrogens (primary N) is 1. The van der Waals surface area contributed by atoms with Crippen LogP contribution in [0, 0.1) is 5.41 Å². The number of aromatic nitrogens is 3. The number of hydrogen-bond acceptors (Lipinski definition) is 9. The van der Waals surface area contributed by atoms with Crippen molar-refractivity contribution in [1.29, 1.82) is 5.41 Å². The van der Waals surface area contributed by atoms with Gasteiger partial charge in [-0.3, -0.25) is 4.79 Å². The van der Waals surface area contributed by atoms with Gasteiger partial charge in [0.05, 0.1) is 23.7 Å². The van der Waals surface area contributed by atoms with Crippen molar-refractivity contribution in [2.45, 2.75) is 25.4 Å². The second kappa shape index (κ2) is 7.37. The Balaban J connectivity index is 1.48. The minimum atomic E-state index is -0.763. The number of aliphatic hydroxyl groups is 1. The molecule has 3 heterocycles. The number of carbonyl (C=O) groups is 1. The van der Waals surface area contributed by atoms with Crippen LogP contribution in [0.3, 0.4) is 0 Å². The van der Waals surface area contributed by atoms with E-state index < -0.39 is 5.60 Å². The van der Waals surface area contributed by atoms with Gasteiger partial charge < -0.3 is 26.5 Å². The fourth-order valence-electron chi connectivity index (χ4n) is 3.23. The molecular formula is C19H21N7O2S. The van der Waals surface area contributed by atoms with Gasteiger partial charge in [0.2, 0.25) is 5.91 Å². The third-order valence-corrected chi connectivity index (χ3v) is 5.74. The van der Waals surface area contributed by atoms with E-state index in [-0.39, 0.29) is 5.91 Å². The van der Waals surface area contributed by atoms with Gasteiger partial charge in [-0.05, 0) is 25.1 Å². The maximum absolute atomic E-state index is 12.2. The third-order valence-electron chi connectivity index (χ3n) is 4.71. The number of rotatable bonds is 6. The lowest BCUT2D eigenvalue weighted by molar-refractivity contribution is -0.152. The molecule has 2 aromatic heterocycles. The number of thiazole rings is 1. The number of nitrogens with zero attached hydrogens (tertiary/aromatic N) is 4. The van der Waals surface area contributed by atoms with Crippen LogP contribution in [0.5, 0.6) is 0 Å². The molecule has 0 aliphatic carbocycles. The second-order valence-corrected chi connectivity index (χ2v) is 8.41. The molecule has 1 aliphatic rings. The molecule has 150 valence electrons. The van der Waals surface area contributed by atoms with Gasteiger partial charge in [0.15, 0.2) is 5.82 Å². The Kier molecular flexibility index (Phi) is 4.89. The molecule has 1 aromatic carbocycles. The van der Waals surface area contributed by atoms with E-state index in [0.29, 0.717) is 48.5 Å². The van der Waals surface area contributed by atoms with Gasteiger partial charge in [-0.25, -0.2) is 15.0 Å². The Morgan fingerprint density at radius 2 is 2.24 bits per heavy atom. The standard InChI is InChI=1S/C19H21N7O2S/c1-19(28)8-26(9-19)15(27)5-4-14-25-16-17(22-10-23-18(16)29-14)24-12-2-3-13(21)11(6-12)7-20/h2-3,6-7,10,20,28H,4-5,8-9,21H2,1H3,(H,22,23,24). The predicted octanol–water partition coefficient (Wildman–Crippen LogP) is 1.94. The van der Waals surface area contributed by atoms with E-state index in [1.54, 1.807) is 24.0 Å². The van der Waals surface area contributed by atoms with Crippen LogP contribution in [-0.2, 0) is 11.2 Å². The van der Waals surface area contributed by atoms with E-state index in [2.05, 4.69) is 20.3 Å². The van der Waals surface area contributed by atoms with E-state index in [0.717, 1.165) is 15.5 Å². The highest BCUT2D eigenvalue weighted by Gasteiger charge is 2.38. The van der Waals surface area contributed by atoms with Crippen LogP contribution in [0.15, 0.2) is 24.5 Å². The minimum Gasteiger partial charge on any atom is -0.398 e. The molecule has 0 saturated carbocycles. The van der Waals surface area contributed by atoms with Crippen molar-refractivity contribution < 1.29 is 9.90 Å².